The third-order valence-corrected chi connectivity index (χ3v) is 3.66. The molecular formula is C18H22ClNO3. The highest BCUT2D eigenvalue weighted by Gasteiger charge is 1.99. The predicted molar refractivity (Wildman–Crippen MR) is 94.0 cm³/mol. The van der Waals surface area contributed by atoms with Gasteiger partial charge in [-0.2, -0.15) is 0 Å². The van der Waals surface area contributed by atoms with Gasteiger partial charge in [0.25, 0.3) is 0 Å². The second-order valence-corrected chi connectivity index (χ2v) is 5.46. The highest BCUT2D eigenvalue weighted by Crippen LogP contribution is 2.21. The summed E-state index contributed by atoms with van der Waals surface area (Å²) in [5, 5.41) is 4.06. The second-order valence-electron chi connectivity index (χ2n) is 5.05. The first-order valence-corrected chi connectivity index (χ1v) is 7.91. The van der Waals surface area contributed by atoms with Crippen molar-refractivity contribution in [1.82, 2.24) is 0 Å². The van der Waals surface area contributed by atoms with E-state index < -0.39 is 0 Å². The van der Waals surface area contributed by atoms with Crippen molar-refractivity contribution in [3.63, 3.8) is 0 Å². The van der Waals surface area contributed by atoms with Crippen LogP contribution in [0.25, 0.3) is 0 Å². The van der Waals surface area contributed by atoms with Crippen LogP contribution in [0.1, 0.15) is 5.56 Å². The molecule has 0 amide bonds. The monoisotopic (exact) mass is 335 g/mol. The molecule has 23 heavy (non-hydrogen) atoms. The lowest BCUT2D eigenvalue weighted by atomic mass is 10.2. The first-order chi connectivity index (χ1) is 11.2. The van der Waals surface area contributed by atoms with Gasteiger partial charge in [-0.15, -0.1) is 0 Å². The Morgan fingerprint density at radius 1 is 0.913 bits per heavy atom. The maximum Gasteiger partial charge on any atom is 0.119 e. The Balaban J connectivity index is 1.70. The van der Waals surface area contributed by atoms with Crippen LogP contribution in [0.2, 0.25) is 5.02 Å². The number of hydrogen-bond acceptors (Lipinski definition) is 4. The van der Waals surface area contributed by atoms with Gasteiger partial charge in [-0.1, -0.05) is 11.6 Å². The molecule has 4 nitrogen and oxygen atoms in total. The molecule has 0 bridgehead atoms. The van der Waals surface area contributed by atoms with Gasteiger partial charge in [0.05, 0.1) is 6.61 Å². The molecule has 2 aromatic rings. The smallest absolute Gasteiger partial charge is 0.119 e. The first kappa shape index (κ1) is 17.4. The molecule has 2 aromatic carbocycles. The van der Waals surface area contributed by atoms with E-state index in [1.165, 1.54) is 0 Å². The molecule has 0 aliphatic carbocycles. The number of methoxy groups -OCH3 is 1. The maximum absolute atomic E-state index is 5.99. The average molecular weight is 336 g/mol. The molecule has 0 aliphatic heterocycles. The summed E-state index contributed by atoms with van der Waals surface area (Å²) < 4.78 is 16.2. The second kappa shape index (κ2) is 9.28. The van der Waals surface area contributed by atoms with Crippen LogP contribution in [0.5, 0.6) is 11.5 Å². The first-order valence-electron chi connectivity index (χ1n) is 7.53. The number of hydrogen-bond donors (Lipinski definition) is 1. The summed E-state index contributed by atoms with van der Waals surface area (Å²) in [6.45, 7) is 4.39. The zero-order chi connectivity index (χ0) is 16.5. The van der Waals surface area contributed by atoms with E-state index in [0.717, 1.165) is 27.8 Å². The van der Waals surface area contributed by atoms with Crippen LogP contribution in [0.4, 0.5) is 5.69 Å². The maximum atomic E-state index is 5.99. The predicted octanol–water partition coefficient (Wildman–Crippen LogP) is 4.16. The third-order valence-electron chi connectivity index (χ3n) is 3.24. The van der Waals surface area contributed by atoms with E-state index in [0.29, 0.717) is 26.4 Å². The number of halogens is 1. The average Bonchev–Trinajstić information content (AvgIpc) is 2.56. The van der Waals surface area contributed by atoms with Gasteiger partial charge in [-0.05, 0) is 55.0 Å². The fourth-order valence-corrected chi connectivity index (χ4v) is 2.10. The number of anilines is 1. The fraction of sp³-hybridized carbons (Fsp3) is 0.333. The summed E-state index contributed by atoms with van der Waals surface area (Å²) in [5.74, 6) is 1.66. The Labute approximate surface area is 142 Å². The summed E-state index contributed by atoms with van der Waals surface area (Å²) in [6.07, 6.45) is 0. The summed E-state index contributed by atoms with van der Waals surface area (Å²) in [5.41, 5.74) is 2.04. The zero-order valence-corrected chi connectivity index (χ0v) is 14.2. The van der Waals surface area contributed by atoms with E-state index >= 15 is 0 Å². The summed E-state index contributed by atoms with van der Waals surface area (Å²) in [4.78, 5) is 0. The standard InChI is InChI=1S/C18H22ClNO3/c1-14-13-17(7-8-18(14)19)22-10-9-20-15-3-5-16(6-4-15)23-12-11-21-2/h3-8,13,20H,9-12H2,1-2H3. The Bertz CT molecular complexity index is 602. The molecule has 0 heterocycles. The van der Waals surface area contributed by atoms with Crippen molar-refractivity contribution in [2.75, 3.05) is 38.8 Å². The Morgan fingerprint density at radius 2 is 1.61 bits per heavy atom. The zero-order valence-electron chi connectivity index (χ0n) is 13.5. The van der Waals surface area contributed by atoms with Gasteiger partial charge in [0.15, 0.2) is 0 Å². The lowest BCUT2D eigenvalue weighted by Crippen LogP contribution is -2.11. The minimum atomic E-state index is 0.553. The van der Waals surface area contributed by atoms with Crippen LogP contribution < -0.4 is 14.8 Å². The van der Waals surface area contributed by atoms with E-state index in [1.807, 2.05) is 49.4 Å². The van der Waals surface area contributed by atoms with Crippen molar-refractivity contribution in [1.29, 1.82) is 0 Å². The summed E-state index contributed by atoms with van der Waals surface area (Å²) in [7, 11) is 1.66. The molecule has 0 spiro atoms. The summed E-state index contributed by atoms with van der Waals surface area (Å²) >= 11 is 5.99. The van der Waals surface area contributed by atoms with Gasteiger partial charge in [0.1, 0.15) is 24.7 Å². The molecule has 0 atom stereocenters. The number of rotatable bonds is 9. The Hall–Kier alpha value is -1.91. The molecule has 0 fully saturated rings. The van der Waals surface area contributed by atoms with Crippen LogP contribution in [0.15, 0.2) is 42.5 Å². The molecule has 0 unspecified atom stereocenters. The van der Waals surface area contributed by atoms with Crippen LogP contribution in [-0.4, -0.2) is 33.5 Å². The lowest BCUT2D eigenvalue weighted by molar-refractivity contribution is 0.146. The van der Waals surface area contributed by atoms with Crippen LogP contribution in [-0.2, 0) is 4.74 Å². The molecule has 0 saturated heterocycles. The highest BCUT2D eigenvalue weighted by molar-refractivity contribution is 6.31. The van der Waals surface area contributed by atoms with Crippen molar-refractivity contribution in [2.24, 2.45) is 0 Å². The Morgan fingerprint density at radius 3 is 2.30 bits per heavy atom. The van der Waals surface area contributed by atoms with Gasteiger partial charge in [-0.25, -0.2) is 0 Å². The number of benzene rings is 2. The molecule has 0 aromatic heterocycles. The molecule has 0 radical (unpaired) electrons. The SMILES string of the molecule is COCCOc1ccc(NCCOc2ccc(Cl)c(C)c2)cc1. The van der Waals surface area contributed by atoms with Gasteiger partial charge < -0.3 is 19.5 Å². The van der Waals surface area contributed by atoms with Crippen molar-refractivity contribution in [2.45, 2.75) is 6.92 Å². The van der Waals surface area contributed by atoms with E-state index in [4.69, 9.17) is 25.8 Å². The van der Waals surface area contributed by atoms with Gasteiger partial charge in [0.2, 0.25) is 0 Å². The molecule has 5 heteroatoms. The van der Waals surface area contributed by atoms with Crippen molar-refractivity contribution < 1.29 is 14.2 Å². The highest BCUT2D eigenvalue weighted by atomic mass is 35.5. The molecule has 2 rings (SSSR count). The van der Waals surface area contributed by atoms with Crippen molar-refractivity contribution >= 4 is 17.3 Å². The van der Waals surface area contributed by atoms with Gasteiger partial charge >= 0.3 is 0 Å². The fourth-order valence-electron chi connectivity index (χ4n) is 1.98. The molecular weight excluding hydrogens is 314 g/mol. The summed E-state index contributed by atoms with van der Waals surface area (Å²) in [6, 6.07) is 13.5. The largest absolute Gasteiger partial charge is 0.492 e. The van der Waals surface area contributed by atoms with E-state index in [-0.39, 0.29) is 0 Å². The molecule has 1 N–H and O–H groups in total. The quantitative estimate of drug-likeness (QED) is 0.698. The molecule has 0 aliphatic rings. The van der Waals surface area contributed by atoms with E-state index in [9.17, 15) is 0 Å². The molecule has 0 saturated carbocycles. The van der Waals surface area contributed by atoms with Crippen molar-refractivity contribution in [3.05, 3.63) is 53.1 Å². The van der Waals surface area contributed by atoms with Crippen LogP contribution in [0, 0.1) is 6.92 Å². The minimum Gasteiger partial charge on any atom is -0.492 e. The lowest BCUT2D eigenvalue weighted by Gasteiger charge is -2.10. The number of nitrogens with one attached hydrogen (secondary N) is 1. The third kappa shape index (κ3) is 6.00. The molecule has 124 valence electrons. The van der Waals surface area contributed by atoms with E-state index in [1.54, 1.807) is 7.11 Å². The topological polar surface area (TPSA) is 39.7 Å². The van der Waals surface area contributed by atoms with Gasteiger partial charge in [0, 0.05) is 24.4 Å². The van der Waals surface area contributed by atoms with Gasteiger partial charge in [-0.3, -0.25) is 0 Å². The number of aryl methyl sites for hydroxylation is 1. The van der Waals surface area contributed by atoms with E-state index in [2.05, 4.69) is 5.32 Å². The minimum absolute atomic E-state index is 0.553. The number of ether oxygens (including phenoxy) is 3. The van der Waals surface area contributed by atoms with Crippen LogP contribution >= 0.6 is 11.6 Å². The normalized spacial score (nSPS) is 10.4. The van der Waals surface area contributed by atoms with Crippen LogP contribution in [0.3, 0.4) is 0 Å². The Kier molecular flexibility index (Phi) is 7.04. The van der Waals surface area contributed by atoms with Crippen molar-refractivity contribution in [3.8, 4) is 11.5 Å².